The third-order valence-electron chi connectivity index (χ3n) is 0.880. The predicted molar refractivity (Wildman–Crippen MR) is 29.7 cm³/mol. The Kier molecular flexibility index (Phi) is 3.19. The largest absolute Gasteiger partial charge is 0.396 e. The summed E-state index contributed by atoms with van der Waals surface area (Å²) < 4.78 is 0. The van der Waals surface area contributed by atoms with Gasteiger partial charge in [0.15, 0.2) is 0 Å². The van der Waals surface area contributed by atoms with E-state index >= 15 is 0 Å². The number of primary amides is 1. The third-order valence-corrected chi connectivity index (χ3v) is 0.880. The van der Waals surface area contributed by atoms with Crippen molar-refractivity contribution in [3.63, 3.8) is 0 Å². The van der Waals surface area contributed by atoms with Crippen LogP contribution < -0.4 is 5.73 Å². The average Bonchev–Trinajstić information content (AvgIpc) is 1.67. The Morgan fingerprint density at radius 2 is 2.38 bits per heavy atom. The minimum absolute atomic E-state index is 0.0306. The highest BCUT2D eigenvalue weighted by atomic mass is 16.3. The van der Waals surface area contributed by atoms with Crippen molar-refractivity contribution in [2.45, 2.75) is 6.42 Å². The van der Waals surface area contributed by atoms with Crippen LogP contribution in [0.1, 0.15) is 6.42 Å². The molecule has 1 unspecified atom stereocenters. The molecule has 0 fully saturated rings. The molecule has 3 heteroatoms. The van der Waals surface area contributed by atoms with Gasteiger partial charge < -0.3 is 10.8 Å². The Balaban J connectivity index is 3.32. The summed E-state index contributed by atoms with van der Waals surface area (Å²) in [6.45, 7) is 3.36. The van der Waals surface area contributed by atoms with Gasteiger partial charge in [0.05, 0.1) is 0 Å². The molecule has 0 aliphatic heterocycles. The summed E-state index contributed by atoms with van der Waals surface area (Å²) in [4.78, 5) is 10.1. The van der Waals surface area contributed by atoms with Crippen LogP contribution >= 0.6 is 0 Å². The molecule has 1 amide bonds. The number of hydrogen-bond acceptors (Lipinski definition) is 2. The minimum atomic E-state index is -0.459. The maximum absolute atomic E-state index is 10.1. The molecule has 0 aromatic heterocycles. The first-order valence-electron chi connectivity index (χ1n) is 2.41. The van der Waals surface area contributed by atoms with Gasteiger partial charge in [-0.2, -0.15) is 0 Å². The lowest BCUT2D eigenvalue weighted by Crippen LogP contribution is -2.21. The van der Waals surface area contributed by atoms with Gasteiger partial charge >= 0.3 is 0 Å². The van der Waals surface area contributed by atoms with E-state index in [-0.39, 0.29) is 6.61 Å². The summed E-state index contributed by atoms with van der Waals surface area (Å²) in [6, 6.07) is 0. The van der Waals surface area contributed by atoms with Gasteiger partial charge in [0.25, 0.3) is 0 Å². The molecule has 0 heterocycles. The monoisotopic (exact) mass is 116 g/mol. The van der Waals surface area contributed by atoms with Gasteiger partial charge in [0, 0.05) is 12.5 Å². The third kappa shape index (κ3) is 2.58. The molecule has 0 aromatic carbocycles. The SMILES string of the molecule is [CH2]C(CCO)C(N)=O. The Morgan fingerprint density at radius 1 is 1.88 bits per heavy atom. The fourth-order valence-electron chi connectivity index (χ4n) is 0.298. The molecule has 0 aliphatic carbocycles. The molecule has 1 atom stereocenters. The maximum atomic E-state index is 10.1. The second-order valence-electron chi connectivity index (χ2n) is 1.61. The highest BCUT2D eigenvalue weighted by Crippen LogP contribution is 1.96. The molecule has 0 saturated carbocycles. The summed E-state index contributed by atoms with van der Waals surface area (Å²) in [5.74, 6) is -0.904. The molecular formula is C5H10NO2. The Bertz CT molecular complexity index is 82.5. The minimum Gasteiger partial charge on any atom is -0.396 e. The number of aliphatic hydroxyl groups is 1. The molecule has 1 radical (unpaired) electrons. The summed E-state index contributed by atoms with van der Waals surface area (Å²) in [5.41, 5.74) is 4.81. The number of carbonyl (C=O) groups is 1. The van der Waals surface area contributed by atoms with Crippen molar-refractivity contribution in [3.05, 3.63) is 6.92 Å². The van der Waals surface area contributed by atoms with E-state index < -0.39 is 11.8 Å². The van der Waals surface area contributed by atoms with Crippen LogP contribution in [-0.2, 0) is 4.79 Å². The summed E-state index contributed by atoms with van der Waals surface area (Å²) in [6.07, 6.45) is 0.356. The lowest BCUT2D eigenvalue weighted by molar-refractivity contribution is -0.120. The molecule has 0 bridgehead atoms. The lowest BCUT2D eigenvalue weighted by atomic mass is 10.1. The smallest absolute Gasteiger partial charge is 0.220 e. The number of nitrogens with two attached hydrogens (primary N) is 1. The Labute approximate surface area is 48.5 Å². The van der Waals surface area contributed by atoms with Gasteiger partial charge in [-0.25, -0.2) is 0 Å². The summed E-state index contributed by atoms with van der Waals surface area (Å²) in [7, 11) is 0. The van der Waals surface area contributed by atoms with E-state index in [4.69, 9.17) is 10.8 Å². The van der Waals surface area contributed by atoms with Gasteiger partial charge in [0.2, 0.25) is 5.91 Å². The Hall–Kier alpha value is -0.570. The molecule has 47 valence electrons. The van der Waals surface area contributed by atoms with E-state index in [1.807, 2.05) is 0 Å². The first-order valence-corrected chi connectivity index (χ1v) is 2.41. The molecule has 0 aliphatic rings. The number of amides is 1. The molecule has 0 aromatic rings. The fraction of sp³-hybridized carbons (Fsp3) is 0.600. The van der Waals surface area contributed by atoms with E-state index in [0.717, 1.165) is 0 Å². The molecule has 0 saturated heterocycles. The van der Waals surface area contributed by atoms with Crippen molar-refractivity contribution in [2.24, 2.45) is 11.7 Å². The maximum Gasteiger partial charge on any atom is 0.220 e. The zero-order valence-corrected chi connectivity index (χ0v) is 4.63. The zero-order valence-electron chi connectivity index (χ0n) is 4.63. The number of carbonyl (C=O) groups excluding carboxylic acids is 1. The second kappa shape index (κ2) is 3.43. The fourth-order valence-corrected chi connectivity index (χ4v) is 0.298. The standard InChI is InChI=1S/C5H10NO2/c1-4(2-3-7)5(6)8/h4,7H,1-3H2,(H2,6,8). The van der Waals surface area contributed by atoms with Crippen LogP contribution in [0.2, 0.25) is 0 Å². The van der Waals surface area contributed by atoms with E-state index in [0.29, 0.717) is 6.42 Å². The van der Waals surface area contributed by atoms with Crippen molar-refractivity contribution in [1.82, 2.24) is 0 Å². The quantitative estimate of drug-likeness (QED) is 0.512. The van der Waals surface area contributed by atoms with Crippen molar-refractivity contribution >= 4 is 5.91 Å². The molecule has 0 rings (SSSR count). The van der Waals surface area contributed by atoms with Crippen LogP contribution in [0, 0.1) is 12.8 Å². The van der Waals surface area contributed by atoms with Crippen molar-refractivity contribution in [3.8, 4) is 0 Å². The van der Waals surface area contributed by atoms with E-state index in [1.54, 1.807) is 0 Å². The first-order chi connectivity index (χ1) is 3.68. The van der Waals surface area contributed by atoms with Crippen LogP contribution in [-0.4, -0.2) is 17.6 Å². The molecule has 0 spiro atoms. The zero-order chi connectivity index (χ0) is 6.57. The number of rotatable bonds is 3. The van der Waals surface area contributed by atoms with Crippen LogP contribution in [0.15, 0.2) is 0 Å². The predicted octanol–water partition coefficient (Wildman–Crippen LogP) is -0.696. The normalized spacial score (nSPS) is 13.2. The second-order valence-corrected chi connectivity index (χ2v) is 1.61. The number of aliphatic hydroxyl groups excluding tert-OH is 1. The van der Waals surface area contributed by atoms with Crippen molar-refractivity contribution in [2.75, 3.05) is 6.61 Å². The van der Waals surface area contributed by atoms with Crippen LogP contribution in [0.4, 0.5) is 0 Å². The summed E-state index contributed by atoms with van der Waals surface area (Å²) in [5, 5.41) is 8.24. The highest BCUT2D eigenvalue weighted by Gasteiger charge is 2.05. The molecule has 3 N–H and O–H groups in total. The van der Waals surface area contributed by atoms with Crippen LogP contribution in [0.25, 0.3) is 0 Å². The molecular weight excluding hydrogens is 106 g/mol. The van der Waals surface area contributed by atoms with Gasteiger partial charge in [0.1, 0.15) is 0 Å². The average molecular weight is 116 g/mol. The van der Waals surface area contributed by atoms with Crippen molar-refractivity contribution in [1.29, 1.82) is 0 Å². The highest BCUT2D eigenvalue weighted by molar-refractivity contribution is 5.77. The van der Waals surface area contributed by atoms with Gasteiger partial charge in [-0.15, -0.1) is 0 Å². The van der Waals surface area contributed by atoms with E-state index in [1.165, 1.54) is 0 Å². The molecule has 8 heavy (non-hydrogen) atoms. The first kappa shape index (κ1) is 7.43. The van der Waals surface area contributed by atoms with Gasteiger partial charge in [-0.3, -0.25) is 4.79 Å². The van der Waals surface area contributed by atoms with E-state index in [9.17, 15) is 4.79 Å². The molecule has 3 nitrogen and oxygen atoms in total. The Morgan fingerprint density at radius 3 is 2.50 bits per heavy atom. The number of hydrogen-bond donors (Lipinski definition) is 2. The summed E-state index contributed by atoms with van der Waals surface area (Å²) >= 11 is 0. The lowest BCUT2D eigenvalue weighted by Gasteiger charge is -2.00. The van der Waals surface area contributed by atoms with Crippen LogP contribution in [0.3, 0.4) is 0 Å². The van der Waals surface area contributed by atoms with Crippen LogP contribution in [0.5, 0.6) is 0 Å². The van der Waals surface area contributed by atoms with E-state index in [2.05, 4.69) is 6.92 Å². The topological polar surface area (TPSA) is 63.3 Å². The van der Waals surface area contributed by atoms with Crippen molar-refractivity contribution < 1.29 is 9.90 Å². The van der Waals surface area contributed by atoms with Gasteiger partial charge in [-0.05, 0) is 13.3 Å². The van der Waals surface area contributed by atoms with Gasteiger partial charge in [-0.1, -0.05) is 0 Å².